The van der Waals surface area contributed by atoms with Gasteiger partial charge in [0.25, 0.3) is 0 Å². The standard InChI is InChI=1S/C5H8N2O5S/c1-4(2-6)13(10,11)7-12-3-5(8)9/h4,7H,3H2,1H3,(H,8,9). The van der Waals surface area contributed by atoms with Crippen LogP contribution in [0, 0.1) is 11.3 Å². The van der Waals surface area contributed by atoms with Crippen LogP contribution < -0.4 is 4.89 Å². The van der Waals surface area contributed by atoms with E-state index in [9.17, 15) is 13.2 Å². The van der Waals surface area contributed by atoms with Gasteiger partial charge < -0.3 is 5.11 Å². The predicted molar refractivity (Wildman–Crippen MR) is 40.7 cm³/mol. The Morgan fingerprint density at radius 2 is 2.31 bits per heavy atom. The monoisotopic (exact) mass is 208 g/mol. The van der Waals surface area contributed by atoms with Crippen LogP contribution in [-0.4, -0.2) is 31.4 Å². The third kappa shape index (κ3) is 4.41. The summed E-state index contributed by atoms with van der Waals surface area (Å²) >= 11 is 0. The fourth-order valence-electron chi connectivity index (χ4n) is 0.315. The average Bonchev–Trinajstić information content (AvgIpc) is 2.01. The Balaban J connectivity index is 4.07. The molecule has 0 rings (SSSR count). The number of aliphatic carboxylic acids is 1. The van der Waals surface area contributed by atoms with Gasteiger partial charge in [0.05, 0.1) is 6.07 Å². The molecular weight excluding hydrogens is 200 g/mol. The minimum Gasteiger partial charge on any atom is -0.479 e. The van der Waals surface area contributed by atoms with E-state index in [2.05, 4.69) is 4.84 Å². The summed E-state index contributed by atoms with van der Waals surface area (Å²) < 4.78 is 21.8. The first-order valence-corrected chi connectivity index (χ1v) is 4.68. The van der Waals surface area contributed by atoms with Crippen molar-refractivity contribution >= 4 is 16.0 Å². The van der Waals surface area contributed by atoms with Crippen LogP contribution in [-0.2, 0) is 19.7 Å². The number of hydrogen-bond acceptors (Lipinski definition) is 5. The van der Waals surface area contributed by atoms with Crippen LogP contribution in [0.5, 0.6) is 0 Å². The van der Waals surface area contributed by atoms with Crippen molar-refractivity contribution < 1.29 is 23.2 Å². The molecule has 1 atom stereocenters. The van der Waals surface area contributed by atoms with Gasteiger partial charge in [0.1, 0.15) is 0 Å². The van der Waals surface area contributed by atoms with Crippen LogP contribution in [0.1, 0.15) is 6.92 Å². The molecule has 0 bridgehead atoms. The van der Waals surface area contributed by atoms with Gasteiger partial charge in [-0.05, 0) is 6.92 Å². The fourth-order valence-corrected chi connectivity index (χ4v) is 0.821. The van der Waals surface area contributed by atoms with E-state index in [1.54, 1.807) is 0 Å². The quantitative estimate of drug-likeness (QED) is 0.550. The smallest absolute Gasteiger partial charge is 0.331 e. The molecule has 0 amide bonds. The third-order valence-electron chi connectivity index (χ3n) is 1.02. The molecule has 1 unspecified atom stereocenters. The van der Waals surface area contributed by atoms with Crippen LogP contribution in [0.4, 0.5) is 0 Å². The highest BCUT2D eigenvalue weighted by Crippen LogP contribution is 1.95. The number of carboxylic acid groups (broad SMARTS) is 1. The first-order chi connectivity index (χ1) is 5.90. The molecule has 7 nitrogen and oxygen atoms in total. The molecule has 0 saturated heterocycles. The van der Waals surface area contributed by atoms with Crippen molar-refractivity contribution in [3.63, 3.8) is 0 Å². The maximum Gasteiger partial charge on any atom is 0.331 e. The van der Waals surface area contributed by atoms with Gasteiger partial charge in [-0.2, -0.15) is 5.26 Å². The Kier molecular flexibility index (Phi) is 4.33. The molecular formula is C5H8N2O5S. The van der Waals surface area contributed by atoms with Crippen molar-refractivity contribution in [2.75, 3.05) is 6.61 Å². The second-order valence-electron chi connectivity index (χ2n) is 2.08. The lowest BCUT2D eigenvalue weighted by Crippen LogP contribution is -2.33. The van der Waals surface area contributed by atoms with Gasteiger partial charge >= 0.3 is 5.97 Å². The number of nitrogens with one attached hydrogen (secondary N) is 1. The van der Waals surface area contributed by atoms with Gasteiger partial charge in [-0.1, -0.05) is 4.89 Å². The number of carbonyl (C=O) groups is 1. The van der Waals surface area contributed by atoms with Gasteiger partial charge in [-0.3, -0.25) is 4.84 Å². The lowest BCUT2D eigenvalue weighted by molar-refractivity contribution is -0.143. The third-order valence-corrected chi connectivity index (χ3v) is 2.40. The molecule has 0 aromatic rings. The number of hydrogen-bond donors (Lipinski definition) is 2. The summed E-state index contributed by atoms with van der Waals surface area (Å²) in [5, 5.41) is 15.0. The van der Waals surface area contributed by atoms with E-state index in [1.165, 1.54) is 11.0 Å². The number of nitriles is 1. The molecule has 0 fully saturated rings. The molecule has 74 valence electrons. The fraction of sp³-hybridized carbons (Fsp3) is 0.600. The Morgan fingerprint density at radius 3 is 2.69 bits per heavy atom. The van der Waals surface area contributed by atoms with Gasteiger partial charge in [-0.15, -0.1) is 0 Å². The van der Waals surface area contributed by atoms with Crippen molar-refractivity contribution in [3.8, 4) is 6.07 Å². The van der Waals surface area contributed by atoms with Crippen molar-refractivity contribution in [2.24, 2.45) is 0 Å². The second-order valence-corrected chi connectivity index (χ2v) is 4.05. The maximum atomic E-state index is 10.9. The summed E-state index contributed by atoms with van der Waals surface area (Å²) in [4.78, 5) is 15.5. The van der Waals surface area contributed by atoms with Crippen molar-refractivity contribution in [1.29, 1.82) is 5.26 Å². The van der Waals surface area contributed by atoms with Crippen LogP contribution in [0.3, 0.4) is 0 Å². The Labute approximate surface area is 74.9 Å². The normalized spacial score (nSPS) is 13.2. The largest absolute Gasteiger partial charge is 0.479 e. The molecule has 0 aromatic carbocycles. The summed E-state index contributed by atoms with van der Waals surface area (Å²) in [6.07, 6.45) is 0. The zero-order chi connectivity index (χ0) is 10.5. The molecule has 13 heavy (non-hydrogen) atoms. The van der Waals surface area contributed by atoms with Gasteiger partial charge in [0, 0.05) is 0 Å². The molecule has 0 aliphatic heterocycles. The Morgan fingerprint density at radius 1 is 1.77 bits per heavy atom. The van der Waals surface area contributed by atoms with E-state index < -0.39 is 27.8 Å². The molecule has 0 saturated carbocycles. The predicted octanol–water partition coefficient (Wildman–Crippen LogP) is -1.17. The molecule has 0 spiro atoms. The molecule has 0 radical (unpaired) electrons. The summed E-state index contributed by atoms with van der Waals surface area (Å²) in [5.41, 5.74) is 0. The van der Waals surface area contributed by atoms with E-state index in [4.69, 9.17) is 10.4 Å². The SMILES string of the molecule is CC(C#N)S(=O)(=O)NOCC(=O)O. The van der Waals surface area contributed by atoms with Crippen molar-refractivity contribution in [2.45, 2.75) is 12.2 Å². The minimum atomic E-state index is -3.90. The average molecular weight is 208 g/mol. The lowest BCUT2D eigenvalue weighted by atomic mass is 10.5. The van der Waals surface area contributed by atoms with E-state index in [0.29, 0.717) is 0 Å². The first-order valence-electron chi connectivity index (χ1n) is 3.14. The van der Waals surface area contributed by atoms with E-state index in [0.717, 1.165) is 6.92 Å². The lowest BCUT2D eigenvalue weighted by Gasteiger charge is -2.05. The van der Waals surface area contributed by atoms with Crippen LogP contribution in [0.15, 0.2) is 0 Å². The van der Waals surface area contributed by atoms with E-state index in [1.807, 2.05) is 0 Å². The minimum absolute atomic E-state index is 0.794. The van der Waals surface area contributed by atoms with Crippen LogP contribution in [0.2, 0.25) is 0 Å². The highest BCUT2D eigenvalue weighted by Gasteiger charge is 2.20. The summed E-state index contributed by atoms with van der Waals surface area (Å²) in [7, 11) is -3.90. The summed E-state index contributed by atoms with van der Waals surface area (Å²) in [5.74, 6) is -1.31. The maximum absolute atomic E-state index is 10.9. The topological polar surface area (TPSA) is 116 Å². The molecule has 8 heteroatoms. The molecule has 0 aliphatic rings. The number of carboxylic acids is 1. The van der Waals surface area contributed by atoms with E-state index in [-0.39, 0.29) is 0 Å². The second kappa shape index (κ2) is 4.76. The molecule has 0 heterocycles. The summed E-state index contributed by atoms with van der Waals surface area (Å²) in [6.45, 7) is 0.351. The molecule has 0 aliphatic carbocycles. The van der Waals surface area contributed by atoms with Gasteiger partial charge in [0.2, 0.25) is 10.0 Å². The zero-order valence-corrected chi connectivity index (χ0v) is 7.54. The van der Waals surface area contributed by atoms with Crippen molar-refractivity contribution in [3.05, 3.63) is 0 Å². The highest BCUT2D eigenvalue weighted by atomic mass is 32.2. The molecule has 0 aromatic heterocycles. The van der Waals surface area contributed by atoms with Gasteiger partial charge in [0.15, 0.2) is 11.9 Å². The first kappa shape index (κ1) is 11.8. The highest BCUT2D eigenvalue weighted by molar-refractivity contribution is 7.90. The number of nitrogens with zero attached hydrogens (tertiary/aromatic N) is 1. The number of rotatable bonds is 5. The molecule has 2 N–H and O–H groups in total. The van der Waals surface area contributed by atoms with Crippen LogP contribution in [0.25, 0.3) is 0 Å². The zero-order valence-electron chi connectivity index (χ0n) is 6.72. The Hall–Kier alpha value is -1.17. The van der Waals surface area contributed by atoms with E-state index >= 15 is 0 Å². The Bertz CT molecular complexity index is 316. The number of sulfonamides is 1. The van der Waals surface area contributed by atoms with Gasteiger partial charge in [-0.25, -0.2) is 13.2 Å². The van der Waals surface area contributed by atoms with Crippen LogP contribution >= 0.6 is 0 Å². The van der Waals surface area contributed by atoms with Crippen molar-refractivity contribution in [1.82, 2.24) is 4.89 Å². The summed E-state index contributed by atoms with van der Waals surface area (Å²) in [6, 6.07) is 1.47.